The van der Waals surface area contributed by atoms with Crippen LogP contribution in [0.1, 0.15) is 39.0 Å². The number of likely N-dealkylation sites (N-methyl/N-ethyl adjacent to an activating group) is 1. The van der Waals surface area contributed by atoms with Crippen molar-refractivity contribution in [2.24, 2.45) is 5.92 Å². The van der Waals surface area contributed by atoms with Crippen LogP contribution in [0, 0.1) is 5.92 Å². The minimum atomic E-state index is -0.708. The summed E-state index contributed by atoms with van der Waals surface area (Å²) >= 11 is 0. The molecule has 2 atom stereocenters. The monoisotopic (exact) mass is 241 g/mol. The smallest absolute Gasteiger partial charge is 0.324 e. The van der Waals surface area contributed by atoms with E-state index in [2.05, 4.69) is 0 Å². The Labute approximate surface area is 103 Å². The summed E-state index contributed by atoms with van der Waals surface area (Å²) < 4.78 is 5.69. The Morgan fingerprint density at radius 1 is 1.41 bits per heavy atom. The van der Waals surface area contributed by atoms with Crippen LogP contribution in [0.4, 0.5) is 0 Å². The molecule has 0 spiro atoms. The van der Waals surface area contributed by atoms with Crippen molar-refractivity contribution in [3.8, 4) is 0 Å². The number of carbonyl (C=O) groups is 1. The van der Waals surface area contributed by atoms with Gasteiger partial charge in [-0.25, -0.2) is 0 Å². The Kier molecular flexibility index (Phi) is 3.73. The highest BCUT2D eigenvalue weighted by molar-refractivity contribution is 5.79. The highest BCUT2D eigenvalue weighted by atomic mass is 16.5. The third-order valence-corrected chi connectivity index (χ3v) is 4.35. The topological polar surface area (TPSA) is 49.8 Å². The van der Waals surface area contributed by atoms with E-state index in [1.807, 2.05) is 18.9 Å². The third kappa shape index (κ3) is 2.63. The number of hydrogen-bond donors (Lipinski definition) is 1. The highest BCUT2D eigenvalue weighted by Crippen LogP contribution is 2.43. The Morgan fingerprint density at radius 2 is 2.12 bits per heavy atom. The second-order valence-corrected chi connectivity index (χ2v) is 5.60. The predicted octanol–water partition coefficient (Wildman–Crippen LogP) is 1.74. The number of carboxylic acids is 1. The van der Waals surface area contributed by atoms with Gasteiger partial charge < -0.3 is 9.84 Å². The minimum absolute atomic E-state index is 0.214. The summed E-state index contributed by atoms with van der Waals surface area (Å²) in [6.45, 7) is 3.42. The van der Waals surface area contributed by atoms with Gasteiger partial charge in [-0.3, -0.25) is 9.69 Å². The molecule has 98 valence electrons. The van der Waals surface area contributed by atoms with Crippen LogP contribution >= 0.6 is 0 Å². The van der Waals surface area contributed by atoms with Crippen LogP contribution in [-0.2, 0) is 9.53 Å². The lowest BCUT2D eigenvalue weighted by atomic mass is 9.93. The van der Waals surface area contributed by atoms with Crippen LogP contribution in [0.5, 0.6) is 0 Å². The van der Waals surface area contributed by atoms with Gasteiger partial charge in [0.05, 0.1) is 6.10 Å². The summed E-state index contributed by atoms with van der Waals surface area (Å²) in [5.41, 5.74) is -0.708. The van der Waals surface area contributed by atoms with E-state index in [4.69, 9.17) is 4.74 Å². The predicted molar refractivity (Wildman–Crippen MR) is 65.0 cm³/mol. The fraction of sp³-hybridized carbons (Fsp3) is 0.923. The number of hydrogen-bond acceptors (Lipinski definition) is 3. The standard InChI is InChI=1S/C13H23NO3/c1-13(12(15)16,10-6-7-10)14(2)9-11-5-3-4-8-17-11/h10-11H,3-9H2,1-2H3,(H,15,16). The van der Waals surface area contributed by atoms with Crippen LogP contribution in [0.25, 0.3) is 0 Å². The van der Waals surface area contributed by atoms with Crippen molar-refractivity contribution in [2.45, 2.75) is 50.7 Å². The first kappa shape index (κ1) is 12.8. The van der Waals surface area contributed by atoms with Gasteiger partial charge in [0, 0.05) is 13.2 Å². The normalized spacial score (nSPS) is 29.0. The van der Waals surface area contributed by atoms with Gasteiger partial charge in [0.1, 0.15) is 5.54 Å². The number of aliphatic carboxylic acids is 1. The summed E-state index contributed by atoms with van der Waals surface area (Å²) in [6, 6.07) is 0. The molecule has 2 rings (SSSR count). The zero-order chi connectivity index (χ0) is 12.5. The molecule has 0 aromatic heterocycles. The van der Waals surface area contributed by atoms with E-state index in [-0.39, 0.29) is 6.10 Å². The van der Waals surface area contributed by atoms with Crippen molar-refractivity contribution in [3.05, 3.63) is 0 Å². The Bertz CT molecular complexity index is 284. The summed E-state index contributed by atoms with van der Waals surface area (Å²) in [5.74, 6) is -0.383. The van der Waals surface area contributed by atoms with Gasteiger partial charge in [0.25, 0.3) is 0 Å². The summed E-state index contributed by atoms with van der Waals surface area (Å²) in [5, 5.41) is 9.46. The van der Waals surface area contributed by atoms with Crippen LogP contribution < -0.4 is 0 Å². The van der Waals surface area contributed by atoms with Gasteiger partial charge in [0.15, 0.2) is 0 Å². The molecule has 4 heteroatoms. The summed E-state index contributed by atoms with van der Waals surface area (Å²) in [7, 11) is 1.92. The number of rotatable bonds is 5. The van der Waals surface area contributed by atoms with Gasteiger partial charge in [-0.1, -0.05) is 0 Å². The molecule has 2 aliphatic rings. The Morgan fingerprint density at radius 3 is 2.59 bits per heavy atom. The van der Waals surface area contributed by atoms with E-state index >= 15 is 0 Å². The average Bonchev–Trinajstić information content (AvgIpc) is 3.13. The molecular weight excluding hydrogens is 218 g/mol. The van der Waals surface area contributed by atoms with Crippen molar-refractivity contribution >= 4 is 5.97 Å². The second-order valence-electron chi connectivity index (χ2n) is 5.60. The summed E-state index contributed by atoms with van der Waals surface area (Å²) in [6.07, 6.45) is 5.69. The minimum Gasteiger partial charge on any atom is -0.480 e. The molecule has 2 fully saturated rings. The third-order valence-electron chi connectivity index (χ3n) is 4.35. The van der Waals surface area contributed by atoms with Gasteiger partial charge in [-0.05, 0) is 52.0 Å². The molecule has 0 amide bonds. The van der Waals surface area contributed by atoms with E-state index in [0.29, 0.717) is 5.92 Å². The van der Waals surface area contributed by atoms with Crippen molar-refractivity contribution in [2.75, 3.05) is 20.2 Å². The molecule has 0 aromatic carbocycles. The first-order chi connectivity index (χ1) is 8.05. The van der Waals surface area contributed by atoms with E-state index in [1.165, 1.54) is 6.42 Å². The van der Waals surface area contributed by atoms with Crippen LogP contribution in [0.15, 0.2) is 0 Å². The van der Waals surface area contributed by atoms with E-state index in [1.54, 1.807) is 0 Å². The van der Waals surface area contributed by atoms with Crippen LogP contribution in [0.3, 0.4) is 0 Å². The molecular formula is C13H23NO3. The molecule has 0 aromatic rings. The molecule has 1 saturated heterocycles. The molecule has 0 radical (unpaired) electrons. The van der Waals surface area contributed by atoms with E-state index < -0.39 is 11.5 Å². The Hall–Kier alpha value is -0.610. The molecule has 1 saturated carbocycles. The molecule has 0 bridgehead atoms. The number of nitrogens with zero attached hydrogens (tertiary/aromatic N) is 1. The maximum Gasteiger partial charge on any atom is 0.324 e. The summed E-state index contributed by atoms with van der Waals surface area (Å²) in [4.78, 5) is 13.5. The molecule has 1 heterocycles. The quantitative estimate of drug-likeness (QED) is 0.796. The van der Waals surface area contributed by atoms with Crippen molar-refractivity contribution in [1.29, 1.82) is 0 Å². The lowest BCUT2D eigenvalue weighted by Crippen LogP contribution is -2.54. The van der Waals surface area contributed by atoms with E-state index in [9.17, 15) is 9.90 Å². The molecule has 4 nitrogen and oxygen atoms in total. The maximum atomic E-state index is 11.5. The van der Waals surface area contributed by atoms with Gasteiger partial charge >= 0.3 is 5.97 Å². The van der Waals surface area contributed by atoms with Gasteiger partial charge in [-0.15, -0.1) is 0 Å². The Balaban J connectivity index is 1.96. The first-order valence-corrected chi connectivity index (χ1v) is 6.61. The zero-order valence-electron chi connectivity index (χ0n) is 10.8. The largest absolute Gasteiger partial charge is 0.480 e. The van der Waals surface area contributed by atoms with E-state index in [0.717, 1.165) is 38.8 Å². The van der Waals surface area contributed by atoms with Crippen molar-refractivity contribution in [1.82, 2.24) is 4.90 Å². The first-order valence-electron chi connectivity index (χ1n) is 6.61. The molecule has 1 N–H and O–H groups in total. The molecule has 17 heavy (non-hydrogen) atoms. The fourth-order valence-electron chi connectivity index (χ4n) is 2.74. The maximum absolute atomic E-state index is 11.5. The van der Waals surface area contributed by atoms with Crippen LogP contribution in [0.2, 0.25) is 0 Å². The van der Waals surface area contributed by atoms with Crippen LogP contribution in [-0.4, -0.2) is 47.8 Å². The lowest BCUT2D eigenvalue weighted by Gasteiger charge is -2.38. The fourth-order valence-corrected chi connectivity index (χ4v) is 2.74. The average molecular weight is 241 g/mol. The molecule has 2 unspecified atom stereocenters. The van der Waals surface area contributed by atoms with Crippen molar-refractivity contribution in [3.63, 3.8) is 0 Å². The van der Waals surface area contributed by atoms with Crippen molar-refractivity contribution < 1.29 is 14.6 Å². The van der Waals surface area contributed by atoms with Gasteiger partial charge in [0.2, 0.25) is 0 Å². The highest BCUT2D eigenvalue weighted by Gasteiger charge is 2.50. The zero-order valence-corrected chi connectivity index (χ0v) is 10.8. The second kappa shape index (κ2) is 4.94. The molecule has 1 aliphatic heterocycles. The van der Waals surface area contributed by atoms with Gasteiger partial charge in [-0.2, -0.15) is 0 Å². The number of ether oxygens (including phenoxy) is 1. The number of carboxylic acid groups (broad SMARTS) is 1. The SMILES string of the molecule is CN(CC1CCCCO1)C(C)(C(=O)O)C1CC1. The lowest BCUT2D eigenvalue weighted by molar-refractivity contribution is -0.152. The molecule has 1 aliphatic carbocycles.